The number of rotatable bonds is 13. The summed E-state index contributed by atoms with van der Waals surface area (Å²) >= 11 is 0. The molecule has 5 heteroatoms. The molecule has 1 aliphatic carbocycles. The first kappa shape index (κ1) is 26.7. The average molecular weight is 503 g/mol. The molecule has 0 heterocycles. The molecule has 2 atom stereocenters. The number of hydrogen-bond acceptors (Lipinski definition) is 4. The second-order valence-electron chi connectivity index (χ2n) is 10.1. The van der Waals surface area contributed by atoms with Gasteiger partial charge >= 0.3 is 5.97 Å². The number of aliphatic hydroxyl groups excluding tert-OH is 1. The summed E-state index contributed by atoms with van der Waals surface area (Å²) < 4.78 is 11.8. The Bertz CT molecular complexity index is 1120. The third-order valence-electron chi connectivity index (χ3n) is 7.33. The number of carboxylic acid groups (broad SMARTS) is 1. The number of carboxylic acids is 1. The zero-order chi connectivity index (χ0) is 26.0. The Morgan fingerprint density at radius 3 is 2.30 bits per heavy atom. The van der Waals surface area contributed by atoms with Crippen molar-refractivity contribution in [2.45, 2.75) is 70.0 Å². The number of ether oxygens (including phenoxy) is 2. The first-order valence-electron chi connectivity index (χ1n) is 13.4. The van der Waals surface area contributed by atoms with Crippen LogP contribution >= 0.6 is 0 Å². The van der Waals surface area contributed by atoms with Crippen molar-refractivity contribution in [1.82, 2.24) is 0 Å². The summed E-state index contributed by atoms with van der Waals surface area (Å²) in [7, 11) is 1.65. The number of aliphatic hydroxyl groups is 1. The highest BCUT2D eigenvalue weighted by Crippen LogP contribution is 2.37. The lowest BCUT2D eigenvalue weighted by molar-refractivity contribution is -0.136. The van der Waals surface area contributed by atoms with Crippen LogP contribution in [0.3, 0.4) is 0 Å². The quantitative estimate of drug-likeness (QED) is 0.277. The maximum atomic E-state index is 11.6. The molecule has 5 nitrogen and oxygen atoms in total. The van der Waals surface area contributed by atoms with Crippen LogP contribution in [0.2, 0.25) is 0 Å². The van der Waals surface area contributed by atoms with E-state index in [1.165, 1.54) is 18.4 Å². The molecular weight excluding hydrogens is 464 g/mol. The molecule has 196 valence electrons. The smallest absolute Gasteiger partial charge is 0.307 e. The van der Waals surface area contributed by atoms with Gasteiger partial charge in [0.2, 0.25) is 0 Å². The zero-order valence-electron chi connectivity index (χ0n) is 21.6. The minimum absolute atomic E-state index is 0.00163. The third kappa shape index (κ3) is 7.83. The second kappa shape index (κ2) is 13.3. The van der Waals surface area contributed by atoms with Gasteiger partial charge in [-0.15, -0.1) is 0 Å². The molecule has 3 aromatic rings. The molecule has 1 aliphatic rings. The van der Waals surface area contributed by atoms with E-state index in [9.17, 15) is 9.90 Å². The van der Waals surface area contributed by atoms with Gasteiger partial charge in [0.05, 0.1) is 25.7 Å². The van der Waals surface area contributed by atoms with E-state index in [0.717, 1.165) is 48.8 Å². The predicted octanol–water partition coefficient (Wildman–Crippen LogP) is 6.56. The standard InChI is InChI=1S/C32H38O5/c1-36-29-19-18-27(22-30(29)37-28-12-5-6-13-28)32(35)26(11-7-10-23-8-3-2-4-9-23)20-24-14-16-25(17-15-24)21-31(33)34/h2-4,8-9,14-19,22,26,28,32,35H,5-7,10-13,20-21H2,1H3,(H,33,34)/t26-,32?/m1/s1. The molecule has 1 saturated carbocycles. The summed E-state index contributed by atoms with van der Waals surface area (Å²) in [6.07, 6.45) is 7.51. The van der Waals surface area contributed by atoms with Crippen molar-refractivity contribution in [3.63, 3.8) is 0 Å². The van der Waals surface area contributed by atoms with Crippen LogP contribution in [0.5, 0.6) is 11.5 Å². The number of aliphatic carboxylic acids is 1. The van der Waals surface area contributed by atoms with Gasteiger partial charge in [-0.3, -0.25) is 4.79 Å². The van der Waals surface area contributed by atoms with Gasteiger partial charge in [-0.25, -0.2) is 0 Å². The number of benzene rings is 3. The maximum absolute atomic E-state index is 11.6. The summed E-state index contributed by atoms with van der Waals surface area (Å²) in [6, 6.07) is 23.9. The zero-order valence-corrected chi connectivity index (χ0v) is 21.6. The summed E-state index contributed by atoms with van der Waals surface area (Å²) in [5.41, 5.74) is 4.00. The van der Waals surface area contributed by atoms with E-state index in [0.29, 0.717) is 17.9 Å². The van der Waals surface area contributed by atoms with E-state index in [1.807, 2.05) is 48.5 Å². The molecule has 0 saturated heterocycles. The van der Waals surface area contributed by atoms with Crippen LogP contribution in [-0.2, 0) is 24.1 Å². The van der Waals surface area contributed by atoms with Crippen LogP contribution in [-0.4, -0.2) is 29.4 Å². The maximum Gasteiger partial charge on any atom is 0.307 e. The molecule has 0 amide bonds. The summed E-state index contributed by atoms with van der Waals surface area (Å²) in [4.78, 5) is 11.0. The molecule has 0 radical (unpaired) electrons. The van der Waals surface area contributed by atoms with Crippen molar-refractivity contribution >= 4 is 5.97 Å². The fraction of sp³-hybridized carbons (Fsp3) is 0.406. The predicted molar refractivity (Wildman–Crippen MR) is 145 cm³/mol. The van der Waals surface area contributed by atoms with Crippen LogP contribution in [0.25, 0.3) is 0 Å². The normalized spacial score (nSPS) is 15.3. The van der Waals surface area contributed by atoms with Crippen molar-refractivity contribution in [1.29, 1.82) is 0 Å². The van der Waals surface area contributed by atoms with Gasteiger partial charge in [-0.1, -0.05) is 60.7 Å². The Balaban J connectivity index is 1.51. The molecule has 4 rings (SSSR count). The summed E-state index contributed by atoms with van der Waals surface area (Å²) in [6.45, 7) is 0. The number of carbonyl (C=O) groups is 1. The summed E-state index contributed by atoms with van der Waals surface area (Å²) in [5.74, 6) is 0.559. The number of aryl methyl sites for hydroxylation is 1. The highest BCUT2D eigenvalue weighted by molar-refractivity contribution is 5.70. The topological polar surface area (TPSA) is 76.0 Å². The average Bonchev–Trinajstić information content (AvgIpc) is 3.42. The number of methoxy groups -OCH3 is 1. The Morgan fingerprint density at radius 1 is 0.919 bits per heavy atom. The van der Waals surface area contributed by atoms with Crippen LogP contribution in [0.4, 0.5) is 0 Å². The highest BCUT2D eigenvalue weighted by atomic mass is 16.5. The van der Waals surface area contributed by atoms with E-state index < -0.39 is 12.1 Å². The molecule has 1 fully saturated rings. The van der Waals surface area contributed by atoms with E-state index in [1.54, 1.807) is 7.11 Å². The second-order valence-corrected chi connectivity index (χ2v) is 10.1. The fourth-order valence-corrected chi connectivity index (χ4v) is 5.28. The molecule has 0 bridgehead atoms. The molecule has 2 N–H and O–H groups in total. The third-order valence-corrected chi connectivity index (χ3v) is 7.33. The molecule has 37 heavy (non-hydrogen) atoms. The van der Waals surface area contributed by atoms with E-state index in [-0.39, 0.29) is 18.4 Å². The van der Waals surface area contributed by atoms with Crippen molar-refractivity contribution in [2.75, 3.05) is 7.11 Å². The van der Waals surface area contributed by atoms with E-state index >= 15 is 0 Å². The minimum atomic E-state index is -0.836. The van der Waals surface area contributed by atoms with Crippen LogP contribution in [0.15, 0.2) is 72.8 Å². The monoisotopic (exact) mass is 502 g/mol. The van der Waals surface area contributed by atoms with Gasteiger partial charge < -0.3 is 19.7 Å². The minimum Gasteiger partial charge on any atom is -0.493 e. The molecular formula is C32H38O5. The van der Waals surface area contributed by atoms with Gasteiger partial charge in [0.1, 0.15) is 0 Å². The molecule has 0 aliphatic heterocycles. The molecule has 1 unspecified atom stereocenters. The Morgan fingerprint density at radius 2 is 1.62 bits per heavy atom. The first-order chi connectivity index (χ1) is 18.0. The highest BCUT2D eigenvalue weighted by Gasteiger charge is 2.24. The fourth-order valence-electron chi connectivity index (χ4n) is 5.28. The lowest BCUT2D eigenvalue weighted by atomic mass is 9.85. The van der Waals surface area contributed by atoms with Gasteiger partial charge in [0, 0.05) is 0 Å². The van der Waals surface area contributed by atoms with E-state index in [4.69, 9.17) is 14.6 Å². The Labute approximate surface area is 220 Å². The van der Waals surface area contributed by atoms with Crippen LogP contribution < -0.4 is 9.47 Å². The largest absolute Gasteiger partial charge is 0.493 e. The Kier molecular flexibility index (Phi) is 9.61. The molecule has 0 spiro atoms. The van der Waals surface area contributed by atoms with Gasteiger partial charge in [0.25, 0.3) is 0 Å². The van der Waals surface area contributed by atoms with Gasteiger partial charge in [0.15, 0.2) is 11.5 Å². The van der Waals surface area contributed by atoms with Crippen molar-refractivity contribution in [2.24, 2.45) is 5.92 Å². The van der Waals surface area contributed by atoms with Gasteiger partial charge in [-0.05, 0) is 91.7 Å². The van der Waals surface area contributed by atoms with Crippen molar-refractivity contribution in [3.05, 3.63) is 95.1 Å². The van der Waals surface area contributed by atoms with Crippen molar-refractivity contribution in [3.8, 4) is 11.5 Å². The SMILES string of the molecule is COc1ccc(C(O)[C@H](CCCc2ccccc2)Cc2ccc(CC(=O)O)cc2)cc1OC1CCCC1. The first-order valence-corrected chi connectivity index (χ1v) is 13.4. The number of hydrogen-bond donors (Lipinski definition) is 2. The van der Waals surface area contributed by atoms with E-state index in [2.05, 4.69) is 24.3 Å². The lowest BCUT2D eigenvalue weighted by Gasteiger charge is -2.25. The van der Waals surface area contributed by atoms with Crippen molar-refractivity contribution < 1.29 is 24.5 Å². The Hall–Kier alpha value is -3.31. The molecule has 0 aromatic heterocycles. The van der Waals surface area contributed by atoms with Crippen LogP contribution in [0.1, 0.15) is 66.9 Å². The van der Waals surface area contributed by atoms with Crippen LogP contribution in [0, 0.1) is 5.92 Å². The molecule has 3 aromatic carbocycles. The summed E-state index contributed by atoms with van der Waals surface area (Å²) in [5, 5.41) is 20.7. The van der Waals surface area contributed by atoms with Gasteiger partial charge in [-0.2, -0.15) is 0 Å². The lowest BCUT2D eigenvalue weighted by Crippen LogP contribution is -2.17.